The van der Waals surface area contributed by atoms with Crippen LogP contribution >= 0.6 is 11.3 Å². The van der Waals surface area contributed by atoms with E-state index in [9.17, 15) is 17.2 Å². The summed E-state index contributed by atoms with van der Waals surface area (Å²) < 4.78 is 71.8. The number of aromatic nitrogens is 1. The summed E-state index contributed by atoms with van der Waals surface area (Å²) in [4.78, 5) is 4.25. The fourth-order valence-corrected chi connectivity index (χ4v) is 6.06. The molecular formula is C20H18F2N2O5S2. The van der Waals surface area contributed by atoms with E-state index in [0.717, 1.165) is 17.4 Å². The molecule has 0 saturated carbocycles. The quantitative estimate of drug-likeness (QED) is 0.583. The number of ether oxygens (including phenoxy) is 3. The second-order valence-corrected chi connectivity index (χ2v) is 10.2. The van der Waals surface area contributed by atoms with E-state index in [-0.39, 0.29) is 34.8 Å². The summed E-state index contributed by atoms with van der Waals surface area (Å²) in [6.45, 7) is 1.36. The van der Waals surface area contributed by atoms with Crippen molar-refractivity contribution in [3.8, 4) is 16.7 Å². The van der Waals surface area contributed by atoms with Crippen LogP contribution < -0.4 is 14.2 Å². The van der Waals surface area contributed by atoms with Gasteiger partial charge in [0.05, 0.1) is 9.60 Å². The van der Waals surface area contributed by atoms with Gasteiger partial charge in [-0.1, -0.05) is 11.3 Å². The SMILES string of the molecule is O=S(=O)(c1ccc2c(c1)OCCO2)N1CCC(Oc2nc3c(F)cc(F)cc3s2)CC1. The number of nitrogens with zero attached hydrogens (tertiary/aromatic N) is 2. The molecule has 3 heterocycles. The van der Waals surface area contributed by atoms with Crippen LogP contribution in [0.1, 0.15) is 12.8 Å². The van der Waals surface area contributed by atoms with Gasteiger partial charge in [0.1, 0.15) is 30.7 Å². The second kappa shape index (κ2) is 7.88. The number of halogens is 2. The summed E-state index contributed by atoms with van der Waals surface area (Å²) in [6, 6.07) is 6.60. The molecule has 0 atom stereocenters. The third-order valence-electron chi connectivity index (χ3n) is 5.21. The maximum Gasteiger partial charge on any atom is 0.274 e. The predicted molar refractivity (Wildman–Crippen MR) is 109 cm³/mol. The molecule has 11 heteroatoms. The molecule has 0 spiro atoms. The van der Waals surface area contributed by atoms with Gasteiger partial charge in [0.25, 0.3) is 5.19 Å². The highest BCUT2D eigenvalue weighted by Gasteiger charge is 2.31. The van der Waals surface area contributed by atoms with Gasteiger partial charge < -0.3 is 14.2 Å². The molecule has 1 aromatic heterocycles. The van der Waals surface area contributed by atoms with E-state index < -0.39 is 21.7 Å². The average molecular weight is 469 g/mol. The molecule has 0 unspecified atom stereocenters. The molecule has 3 aromatic rings. The van der Waals surface area contributed by atoms with Crippen LogP contribution in [0.5, 0.6) is 16.7 Å². The van der Waals surface area contributed by atoms with Gasteiger partial charge in [-0.3, -0.25) is 0 Å². The minimum Gasteiger partial charge on any atom is -0.486 e. The van der Waals surface area contributed by atoms with E-state index in [1.165, 1.54) is 22.5 Å². The highest BCUT2D eigenvalue weighted by Crippen LogP contribution is 2.35. The molecule has 2 aliphatic rings. The van der Waals surface area contributed by atoms with Gasteiger partial charge in [-0.05, 0) is 31.0 Å². The first-order valence-corrected chi connectivity index (χ1v) is 12.0. The lowest BCUT2D eigenvalue weighted by molar-refractivity contribution is 0.135. The van der Waals surface area contributed by atoms with E-state index in [2.05, 4.69) is 4.98 Å². The van der Waals surface area contributed by atoms with Gasteiger partial charge >= 0.3 is 0 Å². The Morgan fingerprint density at radius 2 is 1.81 bits per heavy atom. The molecule has 2 aliphatic heterocycles. The van der Waals surface area contributed by atoms with Crippen LogP contribution in [0.15, 0.2) is 35.2 Å². The monoisotopic (exact) mass is 468 g/mol. The van der Waals surface area contributed by atoms with Gasteiger partial charge in [-0.15, -0.1) is 0 Å². The van der Waals surface area contributed by atoms with Crippen molar-refractivity contribution in [3.05, 3.63) is 42.0 Å². The van der Waals surface area contributed by atoms with Crippen LogP contribution in [-0.4, -0.2) is 50.1 Å². The van der Waals surface area contributed by atoms with Crippen molar-refractivity contribution in [2.45, 2.75) is 23.8 Å². The van der Waals surface area contributed by atoms with Crippen molar-refractivity contribution < 1.29 is 31.4 Å². The van der Waals surface area contributed by atoms with Crippen molar-refractivity contribution in [2.75, 3.05) is 26.3 Å². The van der Waals surface area contributed by atoms with Gasteiger partial charge in [0, 0.05) is 25.2 Å². The Bertz CT molecular complexity index is 1240. The van der Waals surface area contributed by atoms with Crippen molar-refractivity contribution in [3.63, 3.8) is 0 Å². The van der Waals surface area contributed by atoms with Crippen molar-refractivity contribution in [1.82, 2.24) is 9.29 Å². The van der Waals surface area contributed by atoms with Crippen LogP contribution in [0.4, 0.5) is 8.78 Å². The average Bonchev–Trinajstić information content (AvgIpc) is 3.16. The topological polar surface area (TPSA) is 78.0 Å². The van der Waals surface area contributed by atoms with Gasteiger partial charge in [-0.25, -0.2) is 17.2 Å². The second-order valence-electron chi connectivity index (χ2n) is 7.24. The zero-order valence-electron chi connectivity index (χ0n) is 16.2. The third-order valence-corrected chi connectivity index (χ3v) is 8.00. The standard InChI is InChI=1S/C20H18F2N2O5S2/c21-12-9-15(22)19-18(10-12)30-20(23-19)29-13-3-5-24(6-4-13)31(25,26)14-1-2-16-17(11-14)28-8-7-27-16/h1-2,9-11,13H,3-8H2. The lowest BCUT2D eigenvalue weighted by Gasteiger charge is -2.31. The number of hydrogen-bond acceptors (Lipinski definition) is 7. The molecule has 1 fully saturated rings. The maximum atomic E-state index is 13.8. The zero-order valence-corrected chi connectivity index (χ0v) is 17.8. The number of fused-ring (bicyclic) bond motifs is 2. The fraction of sp³-hybridized carbons (Fsp3) is 0.350. The number of benzene rings is 2. The van der Waals surface area contributed by atoms with E-state index >= 15 is 0 Å². The number of hydrogen-bond donors (Lipinski definition) is 0. The normalized spacial score (nSPS) is 17.7. The Kier molecular flexibility index (Phi) is 5.19. The number of piperidine rings is 1. The molecule has 0 amide bonds. The Morgan fingerprint density at radius 3 is 2.58 bits per heavy atom. The summed E-state index contributed by atoms with van der Waals surface area (Å²) in [5.74, 6) is -0.450. The van der Waals surface area contributed by atoms with Crippen LogP contribution in [0.25, 0.3) is 10.2 Å². The Balaban J connectivity index is 1.26. The fourth-order valence-electron chi connectivity index (χ4n) is 3.65. The predicted octanol–water partition coefficient (Wildman–Crippen LogP) is 3.58. The van der Waals surface area contributed by atoms with Crippen molar-refractivity contribution >= 4 is 31.6 Å². The first-order valence-electron chi connectivity index (χ1n) is 9.72. The van der Waals surface area contributed by atoms with Crippen LogP contribution in [0.3, 0.4) is 0 Å². The Hall–Kier alpha value is -2.50. The smallest absolute Gasteiger partial charge is 0.274 e. The van der Waals surface area contributed by atoms with Crippen LogP contribution in [-0.2, 0) is 10.0 Å². The maximum absolute atomic E-state index is 13.8. The van der Waals surface area contributed by atoms with E-state index in [1.807, 2.05) is 0 Å². The minimum atomic E-state index is -3.68. The van der Waals surface area contributed by atoms with Crippen LogP contribution in [0.2, 0.25) is 0 Å². The molecule has 0 bridgehead atoms. The number of rotatable bonds is 4. The first-order chi connectivity index (χ1) is 14.9. The molecule has 2 aromatic carbocycles. The number of thiazole rings is 1. The molecule has 0 radical (unpaired) electrons. The van der Waals surface area contributed by atoms with Gasteiger partial charge in [0.15, 0.2) is 17.3 Å². The molecule has 1 saturated heterocycles. The van der Waals surface area contributed by atoms with Crippen molar-refractivity contribution in [2.24, 2.45) is 0 Å². The molecule has 164 valence electrons. The Morgan fingerprint density at radius 1 is 1.06 bits per heavy atom. The van der Waals surface area contributed by atoms with E-state index in [0.29, 0.717) is 42.3 Å². The van der Waals surface area contributed by atoms with E-state index in [1.54, 1.807) is 6.07 Å². The third kappa shape index (κ3) is 3.92. The molecule has 5 rings (SSSR count). The minimum absolute atomic E-state index is 0.0695. The van der Waals surface area contributed by atoms with E-state index in [4.69, 9.17) is 14.2 Å². The zero-order chi connectivity index (χ0) is 21.6. The summed E-state index contributed by atoms with van der Waals surface area (Å²) in [5.41, 5.74) is 0.0695. The molecule has 31 heavy (non-hydrogen) atoms. The first kappa shape index (κ1) is 20.4. The molecular weight excluding hydrogens is 450 g/mol. The molecule has 7 nitrogen and oxygen atoms in total. The highest BCUT2D eigenvalue weighted by atomic mass is 32.2. The molecule has 0 aliphatic carbocycles. The summed E-state index contributed by atoms with van der Waals surface area (Å²) in [5, 5.41) is 0.243. The number of sulfonamides is 1. The van der Waals surface area contributed by atoms with Gasteiger partial charge in [0.2, 0.25) is 10.0 Å². The highest BCUT2D eigenvalue weighted by molar-refractivity contribution is 7.89. The summed E-state index contributed by atoms with van der Waals surface area (Å²) >= 11 is 1.06. The lowest BCUT2D eigenvalue weighted by atomic mass is 10.1. The molecule has 0 N–H and O–H groups in total. The Labute approximate surface area is 181 Å². The largest absolute Gasteiger partial charge is 0.486 e. The van der Waals surface area contributed by atoms with Gasteiger partial charge in [-0.2, -0.15) is 9.29 Å². The summed E-state index contributed by atoms with van der Waals surface area (Å²) in [6.07, 6.45) is 0.646. The van der Waals surface area contributed by atoms with Crippen LogP contribution in [0, 0.1) is 11.6 Å². The summed E-state index contributed by atoms with van der Waals surface area (Å²) in [7, 11) is -3.68. The lowest BCUT2D eigenvalue weighted by Crippen LogP contribution is -2.41. The van der Waals surface area contributed by atoms with Crippen molar-refractivity contribution in [1.29, 1.82) is 0 Å².